The van der Waals surface area contributed by atoms with Crippen LogP contribution in [0, 0.1) is 6.54 Å². The molecular weight excluding hydrogens is 141 g/mol. The maximum Gasteiger partial charge on any atom is 0 e. The minimum atomic E-state index is 0. The molecule has 0 aliphatic rings. The summed E-state index contributed by atoms with van der Waals surface area (Å²) < 4.78 is 0. The van der Waals surface area contributed by atoms with Crippen LogP contribution in [-0.4, -0.2) is 0 Å². The van der Waals surface area contributed by atoms with Crippen molar-refractivity contribution in [3.05, 3.63) is 6.54 Å². The third kappa shape index (κ3) is 19.0. The van der Waals surface area contributed by atoms with Crippen molar-refractivity contribution in [3.63, 3.8) is 0 Å². The summed E-state index contributed by atoms with van der Waals surface area (Å²) >= 11 is 0. The van der Waals surface area contributed by atoms with E-state index in [1.54, 1.807) is 6.92 Å². The van der Waals surface area contributed by atoms with Crippen LogP contribution in [0.2, 0.25) is 0 Å². The molecule has 2 N–H and O–H groups in total. The Hall–Kier alpha value is 0.583. The quantitative estimate of drug-likeness (QED) is 0.382. The molecule has 0 spiro atoms. The monoisotopic (exact) mass is 147 g/mol. The van der Waals surface area contributed by atoms with Gasteiger partial charge in [-0.15, -0.1) is 0 Å². The molecule has 0 aromatic rings. The molecule has 0 aromatic heterocycles. The average Bonchev–Trinajstić information content (AvgIpc) is 0.918. The maximum absolute atomic E-state index is 4.72. The van der Waals surface area contributed by atoms with Crippen molar-refractivity contribution in [2.45, 2.75) is 6.92 Å². The van der Waals surface area contributed by atoms with E-state index < -0.39 is 0 Å². The first kappa shape index (κ1) is 8.82. The molecule has 0 bridgehead atoms. The van der Waals surface area contributed by atoms with Crippen LogP contribution in [0.1, 0.15) is 6.92 Å². The smallest absolute Gasteiger partial charge is 0 e. The number of hydrogen-bond acceptors (Lipinski definition) is 1. The molecule has 0 rings (SSSR count). The van der Waals surface area contributed by atoms with Gasteiger partial charge in [-0.2, -0.15) is 6.92 Å². The summed E-state index contributed by atoms with van der Waals surface area (Å²) in [5.41, 5.74) is 4.72. The van der Waals surface area contributed by atoms with E-state index >= 15 is 0 Å². The normalized spacial score (nSPS) is 4.50. The number of rotatable bonds is 0. The fraction of sp³-hybridized carbons (Fsp3) is 0.500. The first-order valence-corrected chi connectivity index (χ1v) is 0.911. The summed E-state index contributed by atoms with van der Waals surface area (Å²) in [6.45, 7) is 3.28. The van der Waals surface area contributed by atoms with Crippen molar-refractivity contribution < 1.29 is 19.5 Å². The Bertz CT molecular complexity index is 6.00. The maximum atomic E-state index is 4.72. The molecule has 1 radical (unpaired) electrons. The summed E-state index contributed by atoms with van der Waals surface area (Å²) in [6.07, 6.45) is 0. The van der Waals surface area contributed by atoms with Gasteiger partial charge in [0.1, 0.15) is 0 Å². The molecule has 0 aliphatic heterocycles. The fourth-order valence-corrected chi connectivity index (χ4v) is 0. The minimum absolute atomic E-state index is 0. The minimum Gasteiger partial charge on any atom is -0.484 e. The van der Waals surface area contributed by atoms with Gasteiger partial charge >= 0.3 is 0 Å². The van der Waals surface area contributed by atoms with Gasteiger partial charge in [0.15, 0.2) is 0 Å². The van der Waals surface area contributed by atoms with Crippen molar-refractivity contribution in [2.24, 2.45) is 5.73 Å². The van der Waals surface area contributed by atoms with Crippen LogP contribution in [-0.2, 0) is 19.5 Å². The Balaban J connectivity index is 0. The molecule has 0 heterocycles. The third-order valence-electron chi connectivity index (χ3n) is 0. The molecule has 0 fully saturated rings. The first-order chi connectivity index (χ1) is 1.41. The predicted octanol–water partition coefficient (Wildman–Crippen LogP) is 0.124. The topological polar surface area (TPSA) is 26.0 Å². The molecule has 0 aromatic carbocycles. The summed E-state index contributed by atoms with van der Waals surface area (Å²) in [5, 5.41) is 0. The molecule has 1 nitrogen and oxygen atoms in total. The first-order valence-electron chi connectivity index (χ1n) is 0.911. The third-order valence-corrected chi connectivity index (χ3v) is 0. The standard InChI is InChI=1S/C2H6N.Rh/c1-2-3;/h2H,3H2,1H3;/q-1;. The number of hydrogen-bond donors (Lipinski definition) is 1. The van der Waals surface area contributed by atoms with Crippen LogP contribution in [0.4, 0.5) is 0 Å². The van der Waals surface area contributed by atoms with E-state index in [9.17, 15) is 0 Å². The second kappa shape index (κ2) is 9.54. The van der Waals surface area contributed by atoms with Gasteiger partial charge in [-0.3, -0.25) is 6.54 Å². The second-order valence-electron chi connectivity index (χ2n) is 0.333. The van der Waals surface area contributed by atoms with Gasteiger partial charge in [0.25, 0.3) is 0 Å². The van der Waals surface area contributed by atoms with Crippen molar-refractivity contribution >= 4 is 0 Å². The van der Waals surface area contributed by atoms with E-state index in [0.29, 0.717) is 0 Å². The van der Waals surface area contributed by atoms with Crippen molar-refractivity contribution in [2.75, 3.05) is 0 Å². The predicted molar refractivity (Wildman–Crippen MR) is 14.2 cm³/mol. The van der Waals surface area contributed by atoms with Crippen LogP contribution in [0.15, 0.2) is 0 Å². The molecule has 0 atom stereocenters. The van der Waals surface area contributed by atoms with Crippen molar-refractivity contribution in [1.82, 2.24) is 0 Å². The molecule has 29 valence electrons. The van der Waals surface area contributed by atoms with E-state index in [0.717, 1.165) is 0 Å². The van der Waals surface area contributed by atoms with Crippen LogP contribution in [0.25, 0.3) is 0 Å². The Labute approximate surface area is 39.3 Å². The zero-order valence-corrected chi connectivity index (χ0v) is 4.13. The van der Waals surface area contributed by atoms with E-state index in [-0.39, 0.29) is 19.5 Å². The van der Waals surface area contributed by atoms with Crippen LogP contribution in [0.3, 0.4) is 0 Å². The van der Waals surface area contributed by atoms with Gasteiger partial charge in [0.2, 0.25) is 0 Å². The molecule has 0 aliphatic carbocycles. The molecule has 2 heteroatoms. The molecule has 0 amide bonds. The van der Waals surface area contributed by atoms with Crippen molar-refractivity contribution in [3.8, 4) is 0 Å². The van der Waals surface area contributed by atoms with E-state index in [2.05, 4.69) is 0 Å². The van der Waals surface area contributed by atoms with Gasteiger partial charge in [-0.05, 0) is 0 Å². The Morgan fingerprint density at radius 3 is 1.75 bits per heavy atom. The van der Waals surface area contributed by atoms with E-state index in [1.807, 2.05) is 0 Å². The van der Waals surface area contributed by atoms with Gasteiger partial charge in [-0.25, -0.2) is 0 Å². The zero-order valence-electron chi connectivity index (χ0n) is 2.49. The van der Waals surface area contributed by atoms with Gasteiger partial charge in [0.05, 0.1) is 0 Å². The van der Waals surface area contributed by atoms with Gasteiger partial charge in [0, 0.05) is 19.5 Å². The largest absolute Gasteiger partial charge is 0.484 e. The average molecular weight is 147 g/mol. The van der Waals surface area contributed by atoms with Crippen LogP contribution >= 0.6 is 0 Å². The SMILES string of the molecule is C[CH-]N.[Rh]. The number of nitrogens with two attached hydrogens (primary N) is 1. The van der Waals surface area contributed by atoms with Crippen LogP contribution < -0.4 is 5.73 Å². The van der Waals surface area contributed by atoms with E-state index in [1.165, 1.54) is 6.54 Å². The molecule has 0 saturated heterocycles. The second-order valence-corrected chi connectivity index (χ2v) is 0.333. The Kier molecular flexibility index (Phi) is 21.0. The van der Waals surface area contributed by atoms with Crippen molar-refractivity contribution in [1.29, 1.82) is 0 Å². The Morgan fingerprint density at radius 1 is 1.75 bits per heavy atom. The summed E-state index contributed by atoms with van der Waals surface area (Å²) in [4.78, 5) is 0. The summed E-state index contributed by atoms with van der Waals surface area (Å²) in [6, 6.07) is 0. The summed E-state index contributed by atoms with van der Waals surface area (Å²) in [5.74, 6) is 0. The molecule has 0 saturated carbocycles. The van der Waals surface area contributed by atoms with E-state index in [4.69, 9.17) is 5.73 Å². The van der Waals surface area contributed by atoms with Crippen LogP contribution in [0.5, 0.6) is 0 Å². The molecule has 0 unspecified atom stereocenters. The van der Waals surface area contributed by atoms with Gasteiger partial charge in [-0.1, -0.05) is 0 Å². The summed E-state index contributed by atoms with van der Waals surface area (Å²) in [7, 11) is 0. The Morgan fingerprint density at radius 2 is 1.75 bits per heavy atom. The fourth-order valence-electron chi connectivity index (χ4n) is 0. The zero-order chi connectivity index (χ0) is 2.71. The molecule has 4 heavy (non-hydrogen) atoms. The molecular formula is C2H6NRh-. The van der Waals surface area contributed by atoms with Gasteiger partial charge < -0.3 is 5.73 Å².